The van der Waals surface area contributed by atoms with E-state index in [1.54, 1.807) is 13.8 Å². The van der Waals surface area contributed by atoms with Crippen LogP contribution in [0.4, 0.5) is 0 Å². The summed E-state index contributed by atoms with van der Waals surface area (Å²) in [5.74, 6) is 0.0833. The first kappa shape index (κ1) is 14.9. The number of sulfonamides is 1. The van der Waals surface area contributed by atoms with Crippen LogP contribution in [0.15, 0.2) is 0 Å². The quantitative estimate of drug-likeness (QED) is 0.795. The number of nitrogens with zero attached hydrogens (tertiary/aromatic N) is 1. The summed E-state index contributed by atoms with van der Waals surface area (Å²) in [6, 6.07) is 0. The Morgan fingerprint density at radius 2 is 1.53 bits per heavy atom. The van der Waals surface area contributed by atoms with Crippen molar-refractivity contribution in [2.24, 2.45) is 5.41 Å². The van der Waals surface area contributed by atoms with Crippen LogP contribution in [0.1, 0.15) is 34.6 Å². The zero-order chi connectivity index (χ0) is 12.5. The van der Waals surface area contributed by atoms with E-state index in [0.29, 0.717) is 0 Å². The molecule has 0 spiro atoms. The molecule has 15 heavy (non-hydrogen) atoms. The van der Waals surface area contributed by atoms with Crippen molar-refractivity contribution in [1.29, 1.82) is 0 Å². The molecular formula is C10H23NO3S. The molecule has 4 nitrogen and oxygen atoms in total. The monoisotopic (exact) mass is 237 g/mol. The molecule has 0 rings (SSSR count). The van der Waals surface area contributed by atoms with Crippen LogP contribution in [0.5, 0.6) is 0 Å². The number of hydrogen-bond acceptors (Lipinski definition) is 3. The highest BCUT2D eigenvalue weighted by atomic mass is 32.2. The van der Waals surface area contributed by atoms with Crippen molar-refractivity contribution in [2.75, 3.05) is 19.4 Å². The van der Waals surface area contributed by atoms with Gasteiger partial charge in [-0.1, -0.05) is 20.8 Å². The van der Waals surface area contributed by atoms with Crippen molar-refractivity contribution in [2.45, 2.75) is 40.2 Å². The molecule has 0 radical (unpaired) electrons. The lowest BCUT2D eigenvalue weighted by Crippen LogP contribution is -2.49. The van der Waals surface area contributed by atoms with Crippen LogP contribution in [0.25, 0.3) is 0 Å². The molecule has 0 heterocycles. The zero-order valence-corrected chi connectivity index (χ0v) is 11.3. The average Bonchev–Trinajstić information content (AvgIpc) is 1.98. The van der Waals surface area contributed by atoms with Gasteiger partial charge in [-0.3, -0.25) is 0 Å². The van der Waals surface area contributed by atoms with E-state index >= 15 is 0 Å². The zero-order valence-electron chi connectivity index (χ0n) is 10.5. The minimum absolute atomic E-state index is 0.0833. The number of hydrogen-bond donors (Lipinski definition) is 1. The molecule has 5 heteroatoms. The SMILES string of the molecule is CN(C(C)(C)CO)S(=O)(=O)CC(C)(C)C. The van der Waals surface area contributed by atoms with Gasteiger partial charge in [-0.25, -0.2) is 8.42 Å². The second kappa shape index (κ2) is 4.39. The van der Waals surface area contributed by atoms with Gasteiger partial charge in [0.25, 0.3) is 0 Å². The van der Waals surface area contributed by atoms with E-state index in [4.69, 9.17) is 5.11 Å². The van der Waals surface area contributed by atoms with Gasteiger partial charge in [-0.2, -0.15) is 4.31 Å². The molecule has 0 saturated carbocycles. The molecule has 0 aliphatic carbocycles. The lowest BCUT2D eigenvalue weighted by Gasteiger charge is -2.34. The largest absolute Gasteiger partial charge is 0.394 e. The number of rotatable bonds is 4. The molecule has 92 valence electrons. The maximum absolute atomic E-state index is 12.0. The van der Waals surface area contributed by atoms with Crippen molar-refractivity contribution in [3.8, 4) is 0 Å². The third-order valence-corrected chi connectivity index (χ3v) is 4.83. The Kier molecular flexibility index (Phi) is 4.35. The molecule has 0 aromatic heterocycles. The molecule has 0 atom stereocenters. The van der Waals surface area contributed by atoms with E-state index in [2.05, 4.69) is 0 Å². The highest BCUT2D eigenvalue weighted by Crippen LogP contribution is 2.22. The summed E-state index contributed by atoms with van der Waals surface area (Å²) in [6.45, 7) is 8.85. The van der Waals surface area contributed by atoms with Crippen LogP contribution < -0.4 is 0 Å². The topological polar surface area (TPSA) is 57.6 Å². The molecule has 0 saturated heterocycles. The summed E-state index contributed by atoms with van der Waals surface area (Å²) >= 11 is 0. The van der Waals surface area contributed by atoms with Crippen molar-refractivity contribution in [3.63, 3.8) is 0 Å². The van der Waals surface area contributed by atoms with E-state index in [1.165, 1.54) is 11.4 Å². The highest BCUT2D eigenvalue weighted by molar-refractivity contribution is 7.89. The van der Waals surface area contributed by atoms with Gasteiger partial charge >= 0.3 is 0 Å². The first-order valence-corrected chi connectivity index (χ1v) is 6.61. The predicted molar refractivity (Wildman–Crippen MR) is 62.2 cm³/mol. The van der Waals surface area contributed by atoms with Crippen LogP contribution in [-0.4, -0.2) is 42.8 Å². The normalized spacial score (nSPS) is 14.7. The van der Waals surface area contributed by atoms with Gasteiger partial charge in [0.2, 0.25) is 10.0 Å². The third kappa shape index (κ3) is 4.49. The van der Waals surface area contributed by atoms with Crippen LogP contribution in [0.2, 0.25) is 0 Å². The molecule has 0 aliphatic rings. The Balaban J connectivity index is 4.91. The molecule has 0 aliphatic heterocycles. The van der Waals surface area contributed by atoms with Gasteiger partial charge in [-0.15, -0.1) is 0 Å². The van der Waals surface area contributed by atoms with Crippen LogP contribution in [0, 0.1) is 5.41 Å². The summed E-state index contributed by atoms with van der Waals surface area (Å²) in [4.78, 5) is 0. The van der Waals surface area contributed by atoms with E-state index in [0.717, 1.165) is 0 Å². The summed E-state index contributed by atoms with van der Waals surface area (Å²) in [6.07, 6.45) is 0. The maximum atomic E-state index is 12.0. The summed E-state index contributed by atoms with van der Waals surface area (Å²) in [7, 11) is -1.80. The van der Waals surface area contributed by atoms with Gasteiger partial charge in [0.1, 0.15) is 0 Å². The van der Waals surface area contributed by atoms with Gasteiger partial charge < -0.3 is 5.11 Å². The van der Waals surface area contributed by atoms with E-state index in [1.807, 2.05) is 20.8 Å². The van der Waals surface area contributed by atoms with Gasteiger partial charge in [0, 0.05) is 7.05 Å². The molecule has 0 amide bonds. The van der Waals surface area contributed by atoms with Crippen molar-refractivity contribution < 1.29 is 13.5 Å². The van der Waals surface area contributed by atoms with Gasteiger partial charge in [-0.05, 0) is 19.3 Å². The third-order valence-electron chi connectivity index (χ3n) is 2.27. The second-order valence-corrected chi connectivity index (χ2v) is 7.76. The lowest BCUT2D eigenvalue weighted by molar-refractivity contribution is 0.137. The van der Waals surface area contributed by atoms with E-state index in [-0.39, 0.29) is 17.8 Å². The minimum atomic E-state index is -3.31. The number of aliphatic hydroxyl groups excluding tert-OH is 1. The fourth-order valence-corrected chi connectivity index (χ4v) is 3.22. The summed E-state index contributed by atoms with van der Waals surface area (Å²) in [5.41, 5.74) is -1.03. The standard InChI is InChI=1S/C10H23NO3S/c1-9(2,3)8-15(13,14)11(6)10(4,5)7-12/h12H,7-8H2,1-6H3. The molecule has 1 N–H and O–H groups in total. The molecular weight excluding hydrogens is 214 g/mol. The van der Waals surface area contributed by atoms with E-state index < -0.39 is 15.6 Å². The average molecular weight is 237 g/mol. The minimum Gasteiger partial charge on any atom is -0.394 e. The molecule has 0 aromatic rings. The Morgan fingerprint density at radius 3 is 1.80 bits per heavy atom. The van der Waals surface area contributed by atoms with Gasteiger partial charge in [0.05, 0.1) is 17.9 Å². The van der Waals surface area contributed by atoms with Gasteiger partial charge in [0.15, 0.2) is 0 Å². The van der Waals surface area contributed by atoms with Crippen molar-refractivity contribution in [3.05, 3.63) is 0 Å². The fourth-order valence-electron chi connectivity index (χ4n) is 1.12. The van der Waals surface area contributed by atoms with E-state index in [9.17, 15) is 8.42 Å². The lowest BCUT2D eigenvalue weighted by atomic mass is 10.0. The number of likely N-dealkylation sites (N-methyl/N-ethyl adjacent to an activating group) is 1. The predicted octanol–water partition coefficient (Wildman–Crippen LogP) is 1.06. The smallest absolute Gasteiger partial charge is 0.214 e. The Bertz CT molecular complexity index is 301. The summed E-state index contributed by atoms with van der Waals surface area (Å²) < 4.78 is 25.2. The first-order valence-electron chi connectivity index (χ1n) is 5.00. The number of aliphatic hydroxyl groups is 1. The Morgan fingerprint density at radius 1 is 1.13 bits per heavy atom. The Hall–Kier alpha value is -0.130. The first-order chi connectivity index (χ1) is 6.42. The van der Waals surface area contributed by atoms with Crippen LogP contribution in [0.3, 0.4) is 0 Å². The highest BCUT2D eigenvalue weighted by Gasteiger charge is 2.34. The van der Waals surface area contributed by atoms with Crippen LogP contribution >= 0.6 is 0 Å². The molecule has 0 unspecified atom stereocenters. The molecule has 0 fully saturated rings. The van der Waals surface area contributed by atoms with Crippen molar-refractivity contribution in [1.82, 2.24) is 4.31 Å². The van der Waals surface area contributed by atoms with Crippen molar-refractivity contribution >= 4 is 10.0 Å². The molecule has 0 bridgehead atoms. The second-order valence-electron chi connectivity index (χ2n) is 5.75. The Labute approximate surface area is 93.3 Å². The maximum Gasteiger partial charge on any atom is 0.214 e. The summed E-state index contributed by atoms with van der Waals surface area (Å²) in [5, 5.41) is 9.12. The molecule has 0 aromatic carbocycles. The van der Waals surface area contributed by atoms with Crippen LogP contribution in [-0.2, 0) is 10.0 Å². The fraction of sp³-hybridized carbons (Fsp3) is 1.00.